The van der Waals surface area contributed by atoms with Gasteiger partial charge in [-0.2, -0.15) is 0 Å². The Morgan fingerprint density at radius 3 is 3.00 bits per heavy atom. The Morgan fingerprint density at radius 1 is 1.33 bits per heavy atom. The molecule has 0 aliphatic carbocycles. The number of benzene rings is 1. The summed E-state index contributed by atoms with van der Waals surface area (Å²) < 4.78 is 8.14. The zero-order valence-electron chi connectivity index (χ0n) is 12.7. The fraction of sp³-hybridized carbons (Fsp3) is 0.500. The van der Waals surface area contributed by atoms with Gasteiger partial charge in [0.2, 0.25) is 0 Å². The van der Waals surface area contributed by atoms with Gasteiger partial charge in [0.15, 0.2) is 5.82 Å². The standard InChI is InChI=1S/C16H22N4O/c1-11-6-7-14(13(9-11)12(2)17)21-10-16-19-18-15-5-3-4-8-20(15)16/h6-7,9,12H,3-5,8,10,17H2,1-2H3/t12-/m0/s1. The van der Waals surface area contributed by atoms with Gasteiger partial charge in [-0.05, 0) is 32.8 Å². The van der Waals surface area contributed by atoms with Crippen molar-refractivity contribution in [2.24, 2.45) is 5.73 Å². The van der Waals surface area contributed by atoms with Crippen LogP contribution in [0.5, 0.6) is 5.75 Å². The maximum atomic E-state index is 6.03. The number of aromatic nitrogens is 3. The Hall–Kier alpha value is -1.88. The smallest absolute Gasteiger partial charge is 0.171 e. The van der Waals surface area contributed by atoms with Crippen molar-refractivity contribution >= 4 is 0 Å². The molecule has 0 saturated carbocycles. The highest BCUT2D eigenvalue weighted by Gasteiger charge is 2.16. The van der Waals surface area contributed by atoms with Gasteiger partial charge in [-0.1, -0.05) is 17.7 Å². The van der Waals surface area contributed by atoms with Crippen LogP contribution in [-0.4, -0.2) is 14.8 Å². The maximum Gasteiger partial charge on any atom is 0.171 e. The van der Waals surface area contributed by atoms with Crippen molar-refractivity contribution in [3.05, 3.63) is 41.0 Å². The normalized spacial score (nSPS) is 15.6. The molecule has 1 aromatic heterocycles. The molecule has 5 nitrogen and oxygen atoms in total. The summed E-state index contributed by atoms with van der Waals surface area (Å²) in [5.41, 5.74) is 8.25. The van der Waals surface area contributed by atoms with Crippen LogP contribution < -0.4 is 10.5 Å². The van der Waals surface area contributed by atoms with Crippen LogP contribution in [0.25, 0.3) is 0 Å². The zero-order chi connectivity index (χ0) is 14.8. The molecule has 1 aliphatic heterocycles. The summed E-state index contributed by atoms with van der Waals surface area (Å²) in [7, 11) is 0. The van der Waals surface area contributed by atoms with Gasteiger partial charge in [0.25, 0.3) is 0 Å². The van der Waals surface area contributed by atoms with E-state index in [4.69, 9.17) is 10.5 Å². The first kappa shape index (κ1) is 14.1. The molecule has 3 rings (SSSR count). The number of fused-ring (bicyclic) bond motifs is 1. The lowest BCUT2D eigenvalue weighted by Crippen LogP contribution is -2.15. The first-order chi connectivity index (χ1) is 10.1. The molecule has 0 saturated heterocycles. The third-order valence-electron chi connectivity index (χ3n) is 3.95. The molecule has 1 aromatic carbocycles. The van der Waals surface area contributed by atoms with Gasteiger partial charge >= 0.3 is 0 Å². The molecular weight excluding hydrogens is 264 g/mol. The van der Waals surface area contributed by atoms with Crippen LogP contribution in [0.15, 0.2) is 18.2 Å². The Labute approximate surface area is 125 Å². The molecule has 112 valence electrons. The molecule has 0 amide bonds. The highest BCUT2D eigenvalue weighted by Crippen LogP contribution is 2.26. The molecule has 0 unspecified atom stereocenters. The molecule has 1 aliphatic rings. The zero-order valence-corrected chi connectivity index (χ0v) is 12.7. The molecule has 0 fully saturated rings. The number of ether oxygens (including phenoxy) is 1. The van der Waals surface area contributed by atoms with Crippen molar-refractivity contribution < 1.29 is 4.74 Å². The van der Waals surface area contributed by atoms with Crippen LogP contribution in [0.1, 0.15) is 48.6 Å². The molecular formula is C16H22N4O. The quantitative estimate of drug-likeness (QED) is 0.938. The lowest BCUT2D eigenvalue weighted by molar-refractivity contribution is 0.282. The number of nitrogens with zero attached hydrogens (tertiary/aromatic N) is 3. The SMILES string of the molecule is Cc1ccc(OCc2nnc3n2CCCC3)c([C@H](C)N)c1. The van der Waals surface area contributed by atoms with Crippen molar-refractivity contribution in [1.29, 1.82) is 0 Å². The summed E-state index contributed by atoms with van der Waals surface area (Å²) in [6, 6.07) is 6.06. The van der Waals surface area contributed by atoms with E-state index in [1.807, 2.05) is 19.1 Å². The summed E-state index contributed by atoms with van der Waals surface area (Å²) in [4.78, 5) is 0. The van der Waals surface area contributed by atoms with E-state index in [9.17, 15) is 0 Å². The molecule has 5 heteroatoms. The lowest BCUT2D eigenvalue weighted by atomic mass is 10.1. The van der Waals surface area contributed by atoms with Gasteiger partial charge in [0.1, 0.15) is 18.2 Å². The van der Waals surface area contributed by atoms with E-state index in [0.717, 1.165) is 35.9 Å². The second-order valence-corrected chi connectivity index (χ2v) is 5.76. The number of hydrogen-bond acceptors (Lipinski definition) is 4. The van der Waals surface area contributed by atoms with Gasteiger partial charge in [-0.3, -0.25) is 0 Å². The van der Waals surface area contributed by atoms with E-state index in [1.54, 1.807) is 0 Å². The predicted octanol–water partition coefficient (Wildman–Crippen LogP) is 2.52. The summed E-state index contributed by atoms with van der Waals surface area (Å²) in [6.45, 7) is 5.47. The van der Waals surface area contributed by atoms with Crippen molar-refractivity contribution in [1.82, 2.24) is 14.8 Å². The van der Waals surface area contributed by atoms with Crippen LogP contribution in [0.4, 0.5) is 0 Å². The van der Waals surface area contributed by atoms with Crippen molar-refractivity contribution in [3.63, 3.8) is 0 Å². The molecule has 1 atom stereocenters. The average molecular weight is 286 g/mol. The Balaban J connectivity index is 1.77. The predicted molar refractivity (Wildman–Crippen MR) is 81.1 cm³/mol. The lowest BCUT2D eigenvalue weighted by Gasteiger charge is -2.17. The topological polar surface area (TPSA) is 66.0 Å². The molecule has 2 aromatic rings. The third kappa shape index (κ3) is 2.93. The number of aryl methyl sites for hydroxylation is 2. The molecule has 0 bridgehead atoms. The van der Waals surface area contributed by atoms with E-state index in [2.05, 4.69) is 27.8 Å². The number of nitrogens with two attached hydrogens (primary N) is 1. The Kier molecular flexibility index (Phi) is 3.92. The number of rotatable bonds is 4. The molecule has 2 heterocycles. The monoisotopic (exact) mass is 286 g/mol. The van der Waals surface area contributed by atoms with Crippen LogP contribution in [0, 0.1) is 6.92 Å². The Bertz CT molecular complexity index is 633. The van der Waals surface area contributed by atoms with Crippen molar-refractivity contribution in [2.45, 2.75) is 52.3 Å². The van der Waals surface area contributed by atoms with Gasteiger partial charge in [0, 0.05) is 24.6 Å². The first-order valence-electron chi connectivity index (χ1n) is 7.55. The molecule has 2 N–H and O–H groups in total. The van der Waals surface area contributed by atoms with Crippen LogP contribution in [0.3, 0.4) is 0 Å². The van der Waals surface area contributed by atoms with Crippen LogP contribution >= 0.6 is 0 Å². The second kappa shape index (κ2) is 5.85. The van der Waals surface area contributed by atoms with Gasteiger partial charge < -0.3 is 15.0 Å². The second-order valence-electron chi connectivity index (χ2n) is 5.76. The molecule has 0 radical (unpaired) electrons. The summed E-state index contributed by atoms with van der Waals surface area (Å²) in [5, 5.41) is 8.51. The van der Waals surface area contributed by atoms with Gasteiger partial charge in [-0.15, -0.1) is 10.2 Å². The summed E-state index contributed by atoms with van der Waals surface area (Å²) in [5.74, 6) is 2.82. The summed E-state index contributed by atoms with van der Waals surface area (Å²) >= 11 is 0. The number of hydrogen-bond donors (Lipinski definition) is 1. The van der Waals surface area contributed by atoms with Gasteiger partial charge in [0.05, 0.1) is 0 Å². The fourth-order valence-electron chi connectivity index (χ4n) is 2.77. The molecule has 21 heavy (non-hydrogen) atoms. The Morgan fingerprint density at radius 2 is 2.19 bits per heavy atom. The maximum absolute atomic E-state index is 6.03. The van der Waals surface area contributed by atoms with Gasteiger partial charge in [-0.25, -0.2) is 0 Å². The largest absolute Gasteiger partial charge is 0.485 e. The highest BCUT2D eigenvalue weighted by molar-refractivity contribution is 5.38. The van der Waals surface area contributed by atoms with E-state index in [-0.39, 0.29) is 6.04 Å². The van der Waals surface area contributed by atoms with E-state index in [1.165, 1.54) is 18.4 Å². The van der Waals surface area contributed by atoms with Crippen molar-refractivity contribution in [3.8, 4) is 5.75 Å². The summed E-state index contributed by atoms with van der Waals surface area (Å²) in [6.07, 6.45) is 3.40. The third-order valence-corrected chi connectivity index (χ3v) is 3.95. The first-order valence-corrected chi connectivity index (χ1v) is 7.55. The average Bonchev–Trinajstić information content (AvgIpc) is 2.89. The van der Waals surface area contributed by atoms with Crippen LogP contribution in [-0.2, 0) is 19.6 Å². The van der Waals surface area contributed by atoms with E-state index >= 15 is 0 Å². The minimum Gasteiger partial charge on any atom is -0.485 e. The highest BCUT2D eigenvalue weighted by atomic mass is 16.5. The fourth-order valence-corrected chi connectivity index (χ4v) is 2.77. The van der Waals surface area contributed by atoms with E-state index in [0.29, 0.717) is 6.61 Å². The molecule has 0 spiro atoms. The van der Waals surface area contributed by atoms with Crippen molar-refractivity contribution in [2.75, 3.05) is 0 Å². The van der Waals surface area contributed by atoms with Crippen LogP contribution in [0.2, 0.25) is 0 Å². The minimum absolute atomic E-state index is 0.0489. The minimum atomic E-state index is -0.0489. The van der Waals surface area contributed by atoms with E-state index < -0.39 is 0 Å².